The first-order valence-electron chi connectivity index (χ1n) is 9.17. The summed E-state index contributed by atoms with van der Waals surface area (Å²) in [7, 11) is -5.40. The molecule has 1 aliphatic heterocycles. The maximum atomic E-state index is 13.6. The van der Waals surface area contributed by atoms with Crippen LogP contribution >= 0.6 is 0 Å². The zero-order valence-electron chi connectivity index (χ0n) is 16.2. The molecule has 1 atom stereocenters. The number of likely N-dealkylation sites (tertiary alicyclic amines) is 1. The van der Waals surface area contributed by atoms with Crippen LogP contribution in [-0.4, -0.2) is 54.5 Å². The molecule has 2 aromatic rings. The van der Waals surface area contributed by atoms with Crippen molar-refractivity contribution in [3.8, 4) is 0 Å². The van der Waals surface area contributed by atoms with Crippen molar-refractivity contribution in [1.82, 2.24) is 15.2 Å². The minimum absolute atomic E-state index is 0.198. The number of nitrogens with zero attached hydrogens (tertiary/aromatic N) is 2. The second-order valence-corrected chi connectivity index (χ2v) is 8.98. The maximum Gasteiger partial charge on any atom is 0.323 e. The van der Waals surface area contributed by atoms with Gasteiger partial charge in [0.2, 0.25) is 5.91 Å². The van der Waals surface area contributed by atoms with Gasteiger partial charge in [0.15, 0.2) is 5.37 Å². The largest absolute Gasteiger partial charge is 0.343 e. The first-order chi connectivity index (χ1) is 13.9. The van der Waals surface area contributed by atoms with Gasteiger partial charge in [-0.1, -0.05) is 19.9 Å². The van der Waals surface area contributed by atoms with Crippen molar-refractivity contribution in [2.24, 2.45) is 0 Å². The highest BCUT2D eigenvalue weighted by molar-refractivity contribution is 7.87. The number of alkyl halides is 2. The summed E-state index contributed by atoms with van der Waals surface area (Å²) in [6, 6.07) is 6.90. The van der Waals surface area contributed by atoms with Crippen molar-refractivity contribution < 1.29 is 30.7 Å². The van der Waals surface area contributed by atoms with Crippen molar-refractivity contribution >= 4 is 32.9 Å². The summed E-state index contributed by atoms with van der Waals surface area (Å²) in [5.41, 5.74) is 1.74. The van der Waals surface area contributed by atoms with E-state index in [0.717, 1.165) is 5.56 Å². The summed E-state index contributed by atoms with van der Waals surface area (Å²) < 4.78 is 62.7. The van der Waals surface area contributed by atoms with E-state index in [9.17, 15) is 30.7 Å². The number of nitrogens with one attached hydrogen (secondary N) is 1. The normalized spacial score (nSPS) is 18.7. The van der Waals surface area contributed by atoms with Crippen LogP contribution in [0.3, 0.4) is 0 Å². The lowest BCUT2D eigenvalue weighted by Gasteiger charge is -2.21. The van der Waals surface area contributed by atoms with Crippen molar-refractivity contribution in [3.05, 3.63) is 41.6 Å². The average molecular weight is 443 g/mol. The Morgan fingerprint density at radius 3 is 2.63 bits per heavy atom. The Bertz CT molecular complexity index is 1110. The molecule has 0 aliphatic carbocycles. The number of pyridine rings is 1. The summed E-state index contributed by atoms with van der Waals surface area (Å²) >= 11 is 0. The van der Waals surface area contributed by atoms with Gasteiger partial charge in [0.05, 0.1) is 30.6 Å². The summed E-state index contributed by atoms with van der Waals surface area (Å²) in [5, 5.41) is 0.571. The lowest BCUT2D eigenvalue weighted by molar-refractivity contribution is -0.131. The van der Waals surface area contributed by atoms with Gasteiger partial charge in [0, 0.05) is 11.6 Å². The highest BCUT2D eigenvalue weighted by Crippen LogP contribution is 2.35. The number of carbonyl (C=O) groups is 2. The number of hydrogen-bond acceptors (Lipinski definition) is 5. The Kier molecular flexibility index (Phi) is 5.76. The molecule has 1 aliphatic rings. The average Bonchev–Trinajstić information content (AvgIpc) is 3.01. The smallest absolute Gasteiger partial charge is 0.323 e. The van der Waals surface area contributed by atoms with Crippen LogP contribution in [0.4, 0.5) is 12.7 Å². The number of halogens is 3. The molecule has 2 heterocycles. The molecule has 11 heteroatoms. The van der Waals surface area contributed by atoms with Crippen molar-refractivity contribution in [1.29, 1.82) is 0 Å². The van der Waals surface area contributed by atoms with E-state index in [1.54, 1.807) is 12.1 Å². The predicted octanol–water partition coefficient (Wildman–Crippen LogP) is 2.58. The minimum Gasteiger partial charge on any atom is -0.343 e. The van der Waals surface area contributed by atoms with Gasteiger partial charge in [-0.15, -0.1) is 3.89 Å². The Morgan fingerprint density at radius 2 is 2.00 bits per heavy atom. The SMILES string of the molecule is CC(C)c1ccc2nccc(C(=O)NCC(=O)N3CC(F)(F)CC3S(=O)(=O)F)c2c1. The Morgan fingerprint density at radius 1 is 1.30 bits per heavy atom. The van der Waals surface area contributed by atoms with Crippen LogP contribution in [-0.2, 0) is 15.0 Å². The molecule has 0 saturated carbocycles. The Balaban J connectivity index is 1.79. The second-order valence-electron chi connectivity index (χ2n) is 7.48. The molecule has 1 N–H and O–H groups in total. The molecule has 162 valence electrons. The third-order valence-electron chi connectivity index (χ3n) is 4.94. The number of amides is 2. The molecule has 0 bridgehead atoms. The van der Waals surface area contributed by atoms with Crippen LogP contribution in [0.25, 0.3) is 10.9 Å². The molecule has 7 nitrogen and oxygen atoms in total. The van der Waals surface area contributed by atoms with E-state index in [1.807, 2.05) is 19.9 Å². The number of fused-ring (bicyclic) bond motifs is 1. The molecular formula is C19H20F3N3O4S. The van der Waals surface area contributed by atoms with Gasteiger partial charge in [0.1, 0.15) is 0 Å². The fourth-order valence-corrected chi connectivity index (χ4v) is 4.29. The van der Waals surface area contributed by atoms with Crippen LogP contribution in [0.15, 0.2) is 30.5 Å². The summed E-state index contributed by atoms with van der Waals surface area (Å²) in [5.74, 6) is -5.11. The van der Waals surface area contributed by atoms with E-state index in [1.165, 1.54) is 12.3 Å². The standard InChI is InChI=1S/C19H20F3N3O4S/c1-11(2)12-3-4-15-14(7-12)13(5-6-23-15)18(27)24-9-16(26)25-10-19(20,21)8-17(25)30(22,28)29/h3-7,11,17H,8-10H2,1-2H3,(H,24,27). The molecule has 30 heavy (non-hydrogen) atoms. The van der Waals surface area contributed by atoms with Gasteiger partial charge >= 0.3 is 10.2 Å². The van der Waals surface area contributed by atoms with Gasteiger partial charge in [-0.3, -0.25) is 14.6 Å². The zero-order chi connectivity index (χ0) is 22.3. The van der Waals surface area contributed by atoms with E-state index in [-0.39, 0.29) is 16.4 Å². The van der Waals surface area contributed by atoms with Crippen LogP contribution in [0.1, 0.15) is 42.1 Å². The van der Waals surface area contributed by atoms with Crippen LogP contribution in [0.5, 0.6) is 0 Å². The highest BCUT2D eigenvalue weighted by atomic mass is 32.3. The number of hydrogen-bond donors (Lipinski definition) is 1. The molecule has 1 fully saturated rings. The van der Waals surface area contributed by atoms with Crippen molar-refractivity contribution in [2.75, 3.05) is 13.1 Å². The fourth-order valence-electron chi connectivity index (χ4n) is 3.36. The Hall–Kier alpha value is -2.69. The molecule has 1 aromatic heterocycles. The predicted molar refractivity (Wildman–Crippen MR) is 103 cm³/mol. The first-order valence-corrected chi connectivity index (χ1v) is 10.6. The molecule has 2 amide bonds. The molecule has 3 rings (SSSR count). The van der Waals surface area contributed by atoms with Crippen LogP contribution in [0.2, 0.25) is 0 Å². The van der Waals surface area contributed by atoms with Gasteiger partial charge in [0.25, 0.3) is 11.8 Å². The number of carbonyl (C=O) groups excluding carboxylic acids is 2. The highest BCUT2D eigenvalue weighted by Gasteiger charge is 2.52. The fraction of sp³-hybridized carbons (Fsp3) is 0.421. The molecule has 1 saturated heterocycles. The van der Waals surface area contributed by atoms with Gasteiger partial charge in [-0.05, 0) is 29.7 Å². The number of benzene rings is 1. The van der Waals surface area contributed by atoms with E-state index in [0.29, 0.717) is 10.9 Å². The van der Waals surface area contributed by atoms with Gasteiger partial charge < -0.3 is 10.2 Å². The molecular weight excluding hydrogens is 423 g/mol. The van der Waals surface area contributed by atoms with Gasteiger partial charge in [-0.2, -0.15) is 8.42 Å². The zero-order valence-corrected chi connectivity index (χ0v) is 17.0. The summed E-state index contributed by atoms with van der Waals surface area (Å²) in [4.78, 5) is 29.3. The third-order valence-corrected chi connectivity index (χ3v) is 6.02. The van der Waals surface area contributed by atoms with E-state index >= 15 is 0 Å². The van der Waals surface area contributed by atoms with E-state index in [2.05, 4.69) is 10.3 Å². The summed E-state index contributed by atoms with van der Waals surface area (Å²) in [6.45, 7) is 1.98. The molecule has 0 spiro atoms. The second kappa shape index (κ2) is 7.86. The van der Waals surface area contributed by atoms with Gasteiger partial charge in [-0.25, -0.2) is 8.78 Å². The molecule has 1 aromatic carbocycles. The molecule has 1 unspecified atom stereocenters. The number of rotatable bonds is 5. The van der Waals surface area contributed by atoms with Crippen molar-refractivity contribution in [2.45, 2.75) is 37.5 Å². The molecule has 0 radical (unpaired) electrons. The Labute approximate surface area is 171 Å². The van der Waals surface area contributed by atoms with Crippen molar-refractivity contribution in [3.63, 3.8) is 0 Å². The minimum atomic E-state index is -5.40. The van der Waals surface area contributed by atoms with E-state index < -0.39 is 52.8 Å². The van der Waals surface area contributed by atoms with Crippen LogP contribution in [0, 0.1) is 0 Å². The van der Waals surface area contributed by atoms with E-state index in [4.69, 9.17) is 0 Å². The lowest BCUT2D eigenvalue weighted by Crippen LogP contribution is -2.45. The topological polar surface area (TPSA) is 96.4 Å². The monoisotopic (exact) mass is 443 g/mol. The first kappa shape index (κ1) is 22.0. The third kappa shape index (κ3) is 4.55. The summed E-state index contributed by atoms with van der Waals surface area (Å²) in [6.07, 6.45) is 0.0966. The van der Waals surface area contributed by atoms with Crippen LogP contribution < -0.4 is 5.32 Å². The quantitative estimate of drug-likeness (QED) is 0.717. The lowest BCUT2D eigenvalue weighted by atomic mass is 9.99. The maximum absolute atomic E-state index is 13.6. The number of aromatic nitrogens is 1.